The molecule has 9 heteroatoms. The Hall–Kier alpha value is -1.77. The fraction of sp³-hybridized carbons (Fsp3) is 0.300. The van der Waals surface area contributed by atoms with Crippen molar-refractivity contribution in [3.8, 4) is 0 Å². The van der Waals surface area contributed by atoms with Gasteiger partial charge in [0.2, 0.25) is 10.0 Å². The number of carboxylic acids is 1. The number of anilines is 1. The van der Waals surface area contributed by atoms with Gasteiger partial charge in [-0.15, -0.1) is 0 Å². The van der Waals surface area contributed by atoms with Crippen LogP contribution < -0.4 is 4.72 Å². The van der Waals surface area contributed by atoms with Crippen LogP contribution in [0.4, 0.5) is 18.9 Å². The van der Waals surface area contributed by atoms with Crippen LogP contribution in [0.5, 0.6) is 0 Å². The zero-order valence-corrected chi connectivity index (χ0v) is 10.4. The molecule has 0 fully saturated rings. The van der Waals surface area contributed by atoms with Crippen LogP contribution in [0.2, 0.25) is 0 Å². The van der Waals surface area contributed by atoms with Gasteiger partial charge in [0.1, 0.15) is 0 Å². The highest BCUT2D eigenvalue weighted by Gasteiger charge is 2.32. The second kappa shape index (κ2) is 5.08. The molecule has 5 nitrogen and oxygen atoms in total. The van der Waals surface area contributed by atoms with Crippen molar-refractivity contribution in [2.45, 2.75) is 18.3 Å². The lowest BCUT2D eigenvalue weighted by atomic mass is 10.2. The standard InChI is InChI=1S/C10H10F3NO4S/c1-6(9(15)16)19(17,18)14-8-4-2-3-7(5-8)10(11,12)13/h2-6,14H,1H3,(H,15,16). The molecule has 0 saturated heterocycles. The highest BCUT2D eigenvalue weighted by molar-refractivity contribution is 7.94. The number of hydrogen-bond donors (Lipinski definition) is 2. The fourth-order valence-corrected chi connectivity index (χ4v) is 2.04. The summed E-state index contributed by atoms with van der Waals surface area (Å²) in [5.41, 5.74) is -1.38. The Balaban J connectivity index is 3.05. The van der Waals surface area contributed by atoms with Crippen LogP contribution in [0, 0.1) is 0 Å². The number of alkyl halides is 3. The molecule has 0 radical (unpaired) electrons. The number of carboxylic acid groups (broad SMARTS) is 1. The van der Waals surface area contributed by atoms with Crippen LogP contribution in [0.15, 0.2) is 24.3 Å². The van der Waals surface area contributed by atoms with Gasteiger partial charge in [-0.1, -0.05) is 6.07 Å². The van der Waals surface area contributed by atoms with Gasteiger partial charge in [-0.25, -0.2) is 8.42 Å². The number of nitrogens with one attached hydrogen (secondary N) is 1. The van der Waals surface area contributed by atoms with E-state index in [1.807, 2.05) is 0 Å². The van der Waals surface area contributed by atoms with Crippen molar-refractivity contribution < 1.29 is 31.5 Å². The van der Waals surface area contributed by atoms with Gasteiger partial charge >= 0.3 is 12.1 Å². The summed E-state index contributed by atoms with van der Waals surface area (Å²) >= 11 is 0. The van der Waals surface area contributed by atoms with Gasteiger partial charge < -0.3 is 5.11 Å². The molecule has 106 valence electrons. The van der Waals surface area contributed by atoms with E-state index < -0.39 is 33.0 Å². The van der Waals surface area contributed by atoms with Crippen LogP contribution >= 0.6 is 0 Å². The predicted molar refractivity (Wildman–Crippen MR) is 61.1 cm³/mol. The second-order valence-electron chi connectivity index (χ2n) is 3.71. The maximum absolute atomic E-state index is 12.4. The SMILES string of the molecule is CC(C(=O)O)S(=O)(=O)Nc1cccc(C(F)(F)F)c1. The van der Waals surface area contributed by atoms with E-state index in [0.717, 1.165) is 25.1 Å². The third-order valence-corrected chi connectivity index (χ3v) is 3.92. The largest absolute Gasteiger partial charge is 0.480 e. The number of halogens is 3. The summed E-state index contributed by atoms with van der Waals surface area (Å²) in [5.74, 6) is -1.60. The first-order valence-electron chi connectivity index (χ1n) is 4.96. The van der Waals surface area contributed by atoms with E-state index in [1.54, 1.807) is 4.72 Å². The molecule has 0 aliphatic carbocycles. The zero-order chi connectivity index (χ0) is 14.8. The van der Waals surface area contributed by atoms with Gasteiger partial charge in [-0.3, -0.25) is 9.52 Å². The van der Waals surface area contributed by atoms with Crippen LogP contribution in [0.3, 0.4) is 0 Å². The normalized spacial score (nSPS) is 13.9. The lowest BCUT2D eigenvalue weighted by Gasteiger charge is -2.13. The molecule has 0 heterocycles. The lowest BCUT2D eigenvalue weighted by Crippen LogP contribution is -2.32. The lowest BCUT2D eigenvalue weighted by molar-refractivity contribution is -0.138. The van der Waals surface area contributed by atoms with Crippen LogP contribution in [-0.2, 0) is 21.0 Å². The van der Waals surface area contributed by atoms with Crippen molar-refractivity contribution in [1.82, 2.24) is 0 Å². The summed E-state index contributed by atoms with van der Waals surface area (Å²) < 4.78 is 62.1. The van der Waals surface area contributed by atoms with Crippen molar-refractivity contribution in [2.75, 3.05) is 4.72 Å². The molecule has 2 N–H and O–H groups in total. The Labute approximate surface area is 107 Å². The van der Waals surface area contributed by atoms with Gasteiger partial charge in [0.25, 0.3) is 0 Å². The average molecular weight is 297 g/mol. The first-order chi connectivity index (χ1) is 8.54. The summed E-state index contributed by atoms with van der Waals surface area (Å²) in [6.45, 7) is 0.915. The van der Waals surface area contributed by atoms with E-state index in [1.165, 1.54) is 0 Å². The van der Waals surface area contributed by atoms with Crippen molar-refractivity contribution in [3.05, 3.63) is 29.8 Å². The molecule has 0 spiro atoms. The Morgan fingerprint density at radius 1 is 1.37 bits per heavy atom. The molecular formula is C10H10F3NO4S. The van der Waals surface area contributed by atoms with E-state index in [0.29, 0.717) is 6.07 Å². The number of aliphatic carboxylic acids is 1. The molecule has 0 aliphatic heterocycles. The summed E-state index contributed by atoms with van der Waals surface area (Å²) in [7, 11) is -4.29. The van der Waals surface area contributed by atoms with Gasteiger partial charge in [0.05, 0.1) is 5.56 Å². The molecule has 19 heavy (non-hydrogen) atoms. The minimum absolute atomic E-state index is 0.345. The zero-order valence-electron chi connectivity index (χ0n) is 9.60. The maximum atomic E-state index is 12.4. The van der Waals surface area contributed by atoms with Crippen molar-refractivity contribution in [3.63, 3.8) is 0 Å². The maximum Gasteiger partial charge on any atom is 0.416 e. The third-order valence-electron chi connectivity index (χ3n) is 2.26. The number of hydrogen-bond acceptors (Lipinski definition) is 3. The van der Waals surface area contributed by atoms with Crippen molar-refractivity contribution in [1.29, 1.82) is 0 Å². The Bertz CT molecular complexity index is 583. The van der Waals surface area contributed by atoms with E-state index in [2.05, 4.69) is 0 Å². The molecule has 1 aromatic rings. The topological polar surface area (TPSA) is 83.5 Å². The van der Waals surface area contributed by atoms with E-state index >= 15 is 0 Å². The minimum atomic E-state index is -4.61. The van der Waals surface area contributed by atoms with Gasteiger partial charge in [-0.05, 0) is 25.1 Å². The summed E-state index contributed by atoms with van der Waals surface area (Å²) in [4.78, 5) is 10.6. The summed E-state index contributed by atoms with van der Waals surface area (Å²) in [6, 6.07) is 3.48. The van der Waals surface area contributed by atoms with E-state index in [-0.39, 0.29) is 5.69 Å². The molecule has 0 saturated carbocycles. The minimum Gasteiger partial charge on any atom is -0.480 e. The molecule has 1 rings (SSSR count). The molecule has 0 amide bonds. The summed E-state index contributed by atoms with van der Waals surface area (Å²) in [6.07, 6.45) is -4.61. The van der Waals surface area contributed by atoms with Crippen LogP contribution in [0.25, 0.3) is 0 Å². The molecular weight excluding hydrogens is 287 g/mol. The van der Waals surface area contributed by atoms with Crippen LogP contribution in [0.1, 0.15) is 12.5 Å². The number of carbonyl (C=O) groups is 1. The predicted octanol–water partition coefficient (Wildman–Crippen LogP) is 1.92. The molecule has 0 aromatic heterocycles. The molecule has 1 atom stereocenters. The summed E-state index contributed by atoms with van der Waals surface area (Å²) in [5, 5.41) is 6.80. The molecule has 1 unspecified atom stereocenters. The number of sulfonamides is 1. The second-order valence-corrected chi connectivity index (χ2v) is 5.71. The first kappa shape index (κ1) is 15.3. The highest BCUT2D eigenvalue weighted by atomic mass is 32.2. The molecule has 1 aromatic carbocycles. The Kier molecular flexibility index (Phi) is 4.09. The Morgan fingerprint density at radius 3 is 2.42 bits per heavy atom. The van der Waals surface area contributed by atoms with Gasteiger partial charge in [0.15, 0.2) is 5.25 Å². The van der Waals surface area contributed by atoms with Crippen molar-refractivity contribution >= 4 is 21.7 Å². The van der Waals surface area contributed by atoms with Gasteiger partial charge in [0, 0.05) is 5.69 Å². The third kappa shape index (κ3) is 3.85. The van der Waals surface area contributed by atoms with E-state index in [4.69, 9.17) is 5.11 Å². The van der Waals surface area contributed by atoms with Crippen molar-refractivity contribution in [2.24, 2.45) is 0 Å². The van der Waals surface area contributed by atoms with E-state index in [9.17, 15) is 26.4 Å². The van der Waals surface area contributed by atoms with Crippen LogP contribution in [-0.4, -0.2) is 24.7 Å². The quantitative estimate of drug-likeness (QED) is 0.889. The molecule has 0 aliphatic rings. The smallest absolute Gasteiger partial charge is 0.416 e. The monoisotopic (exact) mass is 297 g/mol. The first-order valence-corrected chi connectivity index (χ1v) is 6.50. The number of benzene rings is 1. The average Bonchev–Trinajstić information content (AvgIpc) is 2.26. The number of rotatable bonds is 4. The highest BCUT2D eigenvalue weighted by Crippen LogP contribution is 2.30. The Morgan fingerprint density at radius 2 is 1.95 bits per heavy atom. The molecule has 0 bridgehead atoms. The fourth-order valence-electron chi connectivity index (χ4n) is 1.14. The van der Waals surface area contributed by atoms with Gasteiger partial charge in [-0.2, -0.15) is 13.2 Å².